The number of rotatable bonds is 4. The zero-order chi connectivity index (χ0) is 9.33. The Balaban J connectivity index is 0. The molecular formula is C6H17NO3S. The van der Waals surface area contributed by atoms with Crippen molar-refractivity contribution in [2.24, 2.45) is 5.73 Å². The number of hydrogen-bond acceptors (Lipinski definition) is 3. The highest BCUT2D eigenvalue weighted by atomic mass is 32.2. The summed E-state index contributed by atoms with van der Waals surface area (Å²) in [6, 6.07) is 0. The van der Waals surface area contributed by atoms with Crippen molar-refractivity contribution in [2.75, 3.05) is 12.8 Å². The molecular weight excluding hydrogens is 166 g/mol. The second-order valence-electron chi connectivity index (χ2n) is 1.99. The minimum absolute atomic E-state index is 0.0964. The highest BCUT2D eigenvalue weighted by molar-refractivity contribution is 7.85. The SMILES string of the molecule is CCCCCS(=O)(=O)O.CN. The molecule has 0 saturated carbocycles. The van der Waals surface area contributed by atoms with E-state index in [-0.39, 0.29) is 5.75 Å². The van der Waals surface area contributed by atoms with E-state index in [1.54, 1.807) is 0 Å². The van der Waals surface area contributed by atoms with Gasteiger partial charge in [-0.1, -0.05) is 19.8 Å². The van der Waals surface area contributed by atoms with E-state index in [2.05, 4.69) is 5.73 Å². The van der Waals surface area contributed by atoms with Crippen molar-refractivity contribution in [2.45, 2.75) is 26.2 Å². The Morgan fingerprint density at radius 2 is 1.73 bits per heavy atom. The number of nitrogens with two attached hydrogens (primary N) is 1. The summed E-state index contributed by atoms with van der Waals surface area (Å²) in [5.74, 6) is -0.0964. The third-order valence-electron chi connectivity index (χ3n) is 1.01. The zero-order valence-electron chi connectivity index (χ0n) is 7.08. The van der Waals surface area contributed by atoms with Crippen LogP contribution < -0.4 is 5.73 Å². The minimum atomic E-state index is -3.70. The lowest BCUT2D eigenvalue weighted by Crippen LogP contribution is -2.02. The van der Waals surface area contributed by atoms with Crippen molar-refractivity contribution in [1.29, 1.82) is 0 Å². The molecule has 0 aliphatic heterocycles. The molecule has 3 N–H and O–H groups in total. The van der Waals surface area contributed by atoms with E-state index >= 15 is 0 Å². The average molecular weight is 183 g/mol. The molecule has 0 amide bonds. The molecule has 0 radical (unpaired) electrons. The topological polar surface area (TPSA) is 80.4 Å². The van der Waals surface area contributed by atoms with Crippen molar-refractivity contribution < 1.29 is 13.0 Å². The lowest BCUT2D eigenvalue weighted by Gasteiger charge is -1.92. The van der Waals surface area contributed by atoms with E-state index in [1.165, 1.54) is 7.05 Å². The van der Waals surface area contributed by atoms with E-state index in [0.29, 0.717) is 6.42 Å². The standard InChI is InChI=1S/C5H12O3S.CH5N/c1-2-3-4-5-9(6,7)8;1-2/h2-5H2,1H3,(H,6,7,8);2H2,1H3. The van der Waals surface area contributed by atoms with Crippen LogP contribution in [-0.2, 0) is 10.1 Å². The fourth-order valence-electron chi connectivity index (χ4n) is 0.534. The van der Waals surface area contributed by atoms with Crippen LogP contribution in [0.3, 0.4) is 0 Å². The highest BCUT2D eigenvalue weighted by Crippen LogP contribution is 1.96. The molecule has 4 nitrogen and oxygen atoms in total. The van der Waals surface area contributed by atoms with Gasteiger partial charge in [-0.15, -0.1) is 0 Å². The first-order valence-electron chi connectivity index (χ1n) is 3.59. The van der Waals surface area contributed by atoms with Crippen molar-refractivity contribution in [1.82, 2.24) is 0 Å². The van der Waals surface area contributed by atoms with Crippen molar-refractivity contribution >= 4 is 10.1 Å². The van der Waals surface area contributed by atoms with Crippen LogP contribution in [0.15, 0.2) is 0 Å². The molecule has 0 aromatic heterocycles. The molecule has 5 heteroatoms. The Morgan fingerprint density at radius 3 is 2.00 bits per heavy atom. The molecule has 0 saturated heterocycles. The molecule has 0 aliphatic rings. The third kappa shape index (κ3) is 17.7. The Kier molecular flexibility index (Phi) is 9.75. The summed E-state index contributed by atoms with van der Waals surface area (Å²) < 4.78 is 28.3. The van der Waals surface area contributed by atoms with Gasteiger partial charge in [-0.05, 0) is 13.5 Å². The number of unbranched alkanes of at least 4 members (excludes halogenated alkanes) is 2. The van der Waals surface area contributed by atoms with Gasteiger partial charge in [0.05, 0.1) is 5.75 Å². The first-order valence-corrected chi connectivity index (χ1v) is 5.20. The normalized spacial score (nSPS) is 10.2. The summed E-state index contributed by atoms with van der Waals surface area (Å²) in [7, 11) is -2.20. The van der Waals surface area contributed by atoms with Gasteiger partial charge in [0.2, 0.25) is 0 Å². The zero-order valence-corrected chi connectivity index (χ0v) is 7.89. The van der Waals surface area contributed by atoms with Crippen LogP contribution >= 0.6 is 0 Å². The summed E-state index contributed by atoms with van der Waals surface area (Å²) in [6.07, 6.45) is 2.39. The van der Waals surface area contributed by atoms with Gasteiger partial charge in [0.25, 0.3) is 10.1 Å². The average Bonchev–Trinajstić information content (AvgIpc) is 1.90. The Bertz CT molecular complexity index is 153. The largest absolute Gasteiger partial charge is 0.333 e. The Labute approximate surface area is 68.5 Å². The Hall–Kier alpha value is -0.130. The molecule has 70 valence electrons. The van der Waals surface area contributed by atoms with Crippen LogP contribution in [-0.4, -0.2) is 25.8 Å². The van der Waals surface area contributed by atoms with Gasteiger partial charge in [-0.25, -0.2) is 0 Å². The van der Waals surface area contributed by atoms with Crippen LogP contribution in [0.25, 0.3) is 0 Å². The molecule has 0 heterocycles. The fourth-order valence-corrected chi connectivity index (χ4v) is 1.10. The summed E-state index contributed by atoms with van der Waals surface area (Å²) in [4.78, 5) is 0. The molecule has 0 rings (SSSR count). The number of hydrogen-bond donors (Lipinski definition) is 2. The van der Waals surface area contributed by atoms with Crippen LogP contribution in [0.5, 0.6) is 0 Å². The predicted octanol–water partition coefficient (Wildman–Crippen LogP) is 0.639. The van der Waals surface area contributed by atoms with Crippen LogP contribution in [0.4, 0.5) is 0 Å². The molecule has 0 fully saturated rings. The molecule has 11 heavy (non-hydrogen) atoms. The molecule has 0 unspecified atom stereocenters. The van der Waals surface area contributed by atoms with Gasteiger partial charge in [-0.3, -0.25) is 4.55 Å². The summed E-state index contributed by atoms with van der Waals surface area (Å²) in [5, 5.41) is 0. The quantitative estimate of drug-likeness (QED) is 0.495. The molecule has 0 aromatic rings. The van der Waals surface area contributed by atoms with Gasteiger partial charge >= 0.3 is 0 Å². The van der Waals surface area contributed by atoms with Gasteiger partial charge in [0, 0.05) is 0 Å². The van der Waals surface area contributed by atoms with E-state index in [4.69, 9.17) is 4.55 Å². The monoisotopic (exact) mass is 183 g/mol. The van der Waals surface area contributed by atoms with E-state index in [9.17, 15) is 8.42 Å². The van der Waals surface area contributed by atoms with Crippen molar-refractivity contribution in [3.8, 4) is 0 Å². The summed E-state index contributed by atoms with van der Waals surface area (Å²) in [6.45, 7) is 1.98. The molecule has 0 spiro atoms. The highest BCUT2D eigenvalue weighted by Gasteiger charge is 2.01. The molecule has 0 aliphatic carbocycles. The third-order valence-corrected chi connectivity index (χ3v) is 1.81. The maximum Gasteiger partial charge on any atom is 0.264 e. The first-order chi connectivity index (χ1) is 5.06. The predicted molar refractivity (Wildman–Crippen MR) is 46.1 cm³/mol. The second kappa shape index (κ2) is 7.97. The van der Waals surface area contributed by atoms with E-state index < -0.39 is 10.1 Å². The molecule has 0 atom stereocenters. The smallest absolute Gasteiger partial charge is 0.264 e. The van der Waals surface area contributed by atoms with Gasteiger partial charge in [0.15, 0.2) is 0 Å². The minimum Gasteiger partial charge on any atom is -0.333 e. The summed E-state index contributed by atoms with van der Waals surface area (Å²) >= 11 is 0. The van der Waals surface area contributed by atoms with Crippen molar-refractivity contribution in [3.05, 3.63) is 0 Å². The van der Waals surface area contributed by atoms with Gasteiger partial charge < -0.3 is 5.73 Å². The maximum atomic E-state index is 10.1. The van der Waals surface area contributed by atoms with Gasteiger partial charge in [-0.2, -0.15) is 8.42 Å². The summed E-state index contributed by atoms with van der Waals surface area (Å²) in [5.41, 5.74) is 4.50. The van der Waals surface area contributed by atoms with Crippen LogP contribution in [0, 0.1) is 0 Å². The maximum absolute atomic E-state index is 10.1. The van der Waals surface area contributed by atoms with Crippen LogP contribution in [0.2, 0.25) is 0 Å². The molecule has 0 aromatic carbocycles. The Morgan fingerprint density at radius 1 is 1.27 bits per heavy atom. The second-order valence-corrected chi connectivity index (χ2v) is 3.57. The first kappa shape index (κ1) is 13.5. The van der Waals surface area contributed by atoms with Crippen molar-refractivity contribution in [3.63, 3.8) is 0 Å². The lowest BCUT2D eigenvalue weighted by atomic mass is 10.3. The van der Waals surface area contributed by atoms with E-state index in [0.717, 1.165) is 12.8 Å². The lowest BCUT2D eigenvalue weighted by molar-refractivity contribution is 0.480. The molecule has 0 bridgehead atoms. The van der Waals surface area contributed by atoms with Gasteiger partial charge in [0.1, 0.15) is 0 Å². The van der Waals surface area contributed by atoms with Crippen LogP contribution in [0.1, 0.15) is 26.2 Å². The fraction of sp³-hybridized carbons (Fsp3) is 1.00. The van der Waals surface area contributed by atoms with E-state index in [1.807, 2.05) is 6.92 Å².